The number of fused-ring (bicyclic) bond motifs is 1. The summed E-state index contributed by atoms with van der Waals surface area (Å²) in [5.74, 6) is -0.376. The molecule has 2 aromatic rings. The maximum atomic E-state index is 12.7. The molecule has 1 heterocycles. The van der Waals surface area contributed by atoms with Crippen LogP contribution in [0.2, 0.25) is 5.02 Å². The molecule has 0 saturated heterocycles. The van der Waals surface area contributed by atoms with Gasteiger partial charge in [0.1, 0.15) is 6.04 Å². The van der Waals surface area contributed by atoms with Crippen molar-refractivity contribution in [3.05, 3.63) is 64.7 Å². The molecule has 0 fully saturated rings. The lowest BCUT2D eigenvalue weighted by molar-refractivity contribution is -0.126. The van der Waals surface area contributed by atoms with E-state index >= 15 is 0 Å². The molecule has 1 unspecified atom stereocenters. The summed E-state index contributed by atoms with van der Waals surface area (Å²) in [5, 5.41) is 3.24. The van der Waals surface area contributed by atoms with Crippen molar-refractivity contribution in [2.24, 2.45) is 0 Å². The summed E-state index contributed by atoms with van der Waals surface area (Å²) in [6, 6.07) is 14.7. The van der Waals surface area contributed by atoms with Gasteiger partial charge in [0.15, 0.2) is 0 Å². The number of nitrogens with one attached hydrogen (secondary N) is 1. The SMILES string of the molecule is CC(=O)NC1C(=O)N(CCc2ccccc2)c2c(Cl)cccc21. The highest BCUT2D eigenvalue weighted by molar-refractivity contribution is 6.34. The van der Waals surface area contributed by atoms with Crippen molar-refractivity contribution >= 4 is 29.1 Å². The molecular weight excluding hydrogens is 312 g/mol. The average molecular weight is 329 g/mol. The van der Waals surface area contributed by atoms with E-state index in [9.17, 15) is 9.59 Å². The summed E-state index contributed by atoms with van der Waals surface area (Å²) in [7, 11) is 0. The summed E-state index contributed by atoms with van der Waals surface area (Å²) in [4.78, 5) is 25.8. The topological polar surface area (TPSA) is 49.4 Å². The lowest BCUT2D eigenvalue weighted by Gasteiger charge is -2.19. The Morgan fingerprint density at radius 3 is 2.61 bits per heavy atom. The van der Waals surface area contributed by atoms with Gasteiger partial charge in [-0.3, -0.25) is 9.59 Å². The highest BCUT2D eigenvalue weighted by atomic mass is 35.5. The Hall–Kier alpha value is -2.33. The molecule has 2 amide bonds. The van der Waals surface area contributed by atoms with Gasteiger partial charge in [-0.1, -0.05) is 54.1 Å². The first kappa shape index (κ1) is 15.6. The monoisotopic (exact) mass is 328 g/mol. The molecule has 23 heavy (non-hydrogen) atoms. The minimum absolute atomic E-state index is 0.140. The number of hydrogen-bond acceptors (Lipinski definition) is 2. The number of carbonyl (C=O) groups is 2. The predicted octanol–water partition coefficient (Wildman–Crippen LogP) is 3.11. The highest BCUT2D eigenvalue weighted by Crippen LogP contribution is 2.40. The molecule has 0 spiro atoms. The molecule has 5 heteroatoms. The third-order valence-corrected chi connectivity index (χ3v) is 4.23. The van der Waals surface area contributed by atoms with E-state index in [1.165, 1.54) is 6.92 Å². The van der Waals surface area contributed by atoms with E-state index in [0.29, 0.717) is 17.3 Å². The molecule has 1 N–H and O–H groups in total. The van der Waals surface area contributed by atoms with Crippen LogP contribution in [0.4, 0.5) is 5.69 Å². The number of rotatable bonds is 4. The van der Waals surface area contributed by atoms with E-state index in [2.05, 4.69) is 5.32 Å². The zero-order valence-corrected chi connectivity index (χ0v) is 13.5. The summed E-state index contributed by atoms with van der Waals surface area (Å²) in [6.45, 7) is 1.93. The maximum Gasteiger partial charge on any atom is 0.254 e. The van der Waals surface area contributed by atoms with Crippen LogP contribution in [-0.4, -0.2) is 18.4 Å². The van der Waals surface area contributed by atoms with Crippen LogP contribution < -0.4 is 10.2 Å². The maximum absolute atomic E-state index is 12.7. The first-order valence-corrected chi connectivity index (χ1v) is 7.86. The molecule has 118 valence electrons. The fraction of sp³-hybridized carbons (Fsp3) is 0.222. The Morgan fingerprint density at radius 2 is 1.91 bits per heavy atom. The standard InChI is InChI=1S/C18H17ClN2O2/c1-12(22)20-16-14-8-5-9-15(19)17(14)21(18(16)23)11-10-13-6-3-2-4-7-13/h2-9,16H,10-11H2,1H3,(H,20,22). The second-order valence-corrected chi connectivity index (χ2v) is 5.94. The second kappa shape index (κ2) is 6.42. The van der Waals surface area contributed by atoms with E-state index in [0.717, 1.165) is 17.5 Å². The molecule has 1 aliphatic rings. The minimum atomic E-state index is -0.656. The second-order valence-electron chi connectivity index (χ2n) is 5.54. The number of anilines is 1. The van der Waals surface area contributed by atoms with Crippen LogP contribution in [0.3, 0.4) is 0 Å². The number of carbonyl (C=O) groups excluding carboxylic acids is 2. The average Bonchev–Trinajstić information content (AvgIpc) is 2.80. The lowest BCUT2D eigenvalue weighted by Crippen LogP contribution is -2.37. The predicted molar refractivity (Wildman–Crippen MR) is 90.5 cm³/mol. The van der Waals surface area contributed by atoms with Crippen molar-refractivity contribution < 1.29 is 9.59 Å². The third-order valence-electron chi connectivity index (χ3n) is 3.93. The molecule has 1 atom stereocenters. The fourth-order valence-electron chi connectivity index (χ4n) is 2.90. The van der Waals surface area contributed by atoms with Crippen LogP contribution in [0, 0.1) is 0 Å². The molecule has 0 aromatic heterocycles. The Labute approximate surface area is 140 Å². The Morgan fingerprint density at radius 1 is 1.17 bits per heavy atom. The lowest BCUT2D eigenvalue weighted by atomic mass is 10.1. The van der Waals surface area contributed by atoms with Crippen molar-refractivity contribution in [3.63, 3.8) is 0 Å². The number of amides is 2. The van der Waals surface area contributed by atoms with Gasteiger partial charge < -0.3 is 10.2 Å². The van der Waals surface area contributed by atoms with E-state index in [-0.39, 0.29) is 11.8 Å². The number of halogens is 1. The Balaban J connectivity index is 1.89. The normalized spacial score (nSPS) is 16.3. The van der Waals surface area contributed by atoms with Crippen LogP contribution in [-0.2, 0) is 16.0 Å². The van der Waals surface area contributed by atoms with Gasteiger partial charge in [0.05, 0.1) is 10.7 Å². The number of hydrogen-bond donors (Lipinski definition) is 1. The van der Waals surface area contributed by atoms with Gasteiger partial charge in [-0.25, -0.2) is 0 Å². The molecule has 0 aliphatic carbocycles. The number of benzene rings is 2. The first-order valence-electron chi connectivity index (χ1n) is 7.48. The van der Waals surface area contributed by atoms with Crippen LogP contribution >= 0.6 is 11.6 Å². The van der Waals surface area contributed by atoms with Crippen LogP contribution in [0.5, 0.6) is 0 Å². The Bertz CT molecular complexity index is 746. The van der Waals surface area contributed by atoms with Gasteiger partial charge in [0, 0.05) is 19.0 Å². The number of para-hydroxylation sites is 1. The van der Waals surface area contributed by atoms with Gasteiger partial charge in [-0.15, -0.1) is 0 Å². The van der Waals surface area contributed by atoms with E-state index in [1.807, 2.05) is 36.4 Å². The molecule has 4 nitrogen and oxygen atoms in total. The van der Waals surface area contributed by atoms with Crippen LogP contribution in [0.1, 0.15) is 24.1 Å². The summed E-state index contributed by atoms with van der Waals surface area (Å²) < 4.78 is 0. The highest BCUT2D eigenvalue weighted by Gasteiger charge is 2.38. The zero-order chi connectivity index (χ0) is 16.4. The summed E-state index contributed by atoms with van der Waals surface area (Å²) >= 11 is 6.31. The molecule has 2 aromatic carbocycles. The summed E-state index contributed by atoms with van der Waals surface area (Å²) in [6.07, 6.45) is 0.726. The molecule has 0 saturated carbocycles. The van der Waals surface area contributed by atoms with Crippen molar-refractivity contribution in [2.45, 2.75) is 19.4 Å². The van der Waals surface area contributed by atoms with Crippen molar-refractivity contribution in [3.8, 4) is 0 Å². The van der Waals surface area contributed by atoms with Gasteiger partial charge >= 0.3 is 0 Å². The molecule has 0 radical (unpaired) electrons. The largest absolute Gasteiger partial charge is 0.341 e. The van der Waals surface area contributed by atoms with Crippen LogP contribution in [0.15, 0.2) is 48.5 Å². The number of nitrogens with zero attached hydrogens (tertiary/aromatic N) is 1. The zero-order valence-electron chi connectivity index (χ0n) is 12.8. The van der Waals surface area contributed by atoms with E-state index in [4.69, 9.17) is 11.6 Å². The smallest absolute Gasteiger partial charge is 0.254 e. The fourth-order valence-corrected chi connectivity index (χ4v) is 3.18. The van der Waals surface area contributed by atoms with Gasteiger partial charge in [-0.05, 0) is 18.1 Å². The summed E-state index contributed by atoms with van der Waals surface area (Å²) in [5.41, 5.74) is 2.61. The van der Waals surface area contributed by atoms with Crippen molar-refractivity contribution in [1.82, 2.24) is 5.32 Å². The van der Waals surface area contributed by atoms with Crippen molar-refractivity contribution in [2.75, 3.05) is 11.4 Å². The van der Waals surface area contributed by atoms with Crippen molar-refractivity contribution in [1.29, 1.82) is 0 Å². The van der Waals surface area contributed by atoms with Gasteiger partial charge in [-0.2, -0.15) is 0 Å². The molecule has 1 aliphatic heterocycles. The van der Waals surface area contributed by atoms with Gasteiger partial charge in [0.25, 0.3) is 5.91 Å². The molecular formula is C18H17ClN2O2. The molecule has 0 bridgehead atoms. The van der Waals surface area contributed by atoms with Gasteiger partial charge in [0.2, 0.25) is 5.91 Å². The van der Waals surface area contributed by atoms with E-state index in [1.54, 1.807) is 17.0 Å². The minimum Gasteiger partial charge on any atom is -0.341 e. The first-order chi connectivity index (χ1) is 11.1. The third kappa shape index (κ3) is 3.08. The molecule has 3 rings (SSSR count). The Kier molecular flexibility index (Phi) is 4.35. The quantitative estimate of drug-likeness (QED) is 0.937. The van der Waals surface area contributed by atoms with Crippen LogP contribution in [0.25, 0.3) is 0 Å². The van der Waals surface area contributed by atoms with E-state index < -0.39 is 6.04 Å².